The molecule has 6 heteroatoms. The van der Waals surface area contributed by atoms with Crippen LogP contribution in [0.5, 0.6) is 0 Å². The first-order chi connectivity index (χ1) is 19.1. The minimum atomic E-state index is -3.92. The number of benzene rings is 4. The number of halogens is 2. The molecule has 3 heterocycles. The van der Waals surface area contributed by atoms with Crippen molar-refractivity contribution in [2.75, 3.05) is 4.90 Å². The average molecular weight is 511 g/mol. The third-order valence-electron chi connectivity index (χ3n) is 7.38. The van der Waals surface area contributed by atoms with Gasteiger partial charge >= 0.3 is 6.97 Å². The summed E-state index contributed by atoms with van der Waals surface area (Å²) < 4.78 is 32.6. The maximum atomic E-state index is 15.2. The van der Waals surface area contributed by atoms with Crippen molar-refractivity contribution in [3.63, 3.8) is 0 Å². The monoisotopic (exact) mass is 511 g/mol. The van der Waals surface area contributed by atoms with E-state index in [2.05, 4.69) is 65.6 Å². The van der Waals surface area contributed by atoms with E-state index < -0.39 is 6.97 Å². The van der Waals surface area contributed by atoms with Gasteiger partial charge < -0.3 is 22.5 Å². The van der Waals surface area contributed by atoms with Crippen LogP contribution in [0.4, 0.5) is 25.7 Å². The number of hydrogen-bond acceptors (Lipinski definition) is 1. The summed E-state index contributed by atoms with van der Waals surface area (Å²) in [5.41, 5.74) is 8.05. The third-order valence-corrected chi connectivity index (χ3v) is 7.38. The van der Waals surface area contributed by atoms with Gasteiger partial charge in [-0.3, -0.25) is 0 Å². The Labute approximate surface area is 226 Å². The molecule has 0 fully saturated rings. The van der Waals surface area contributed by atoms with Crippen LogP contribution in [-0.4, -0.2) is 22.1 Å². The topological polar surface area (TPSA) is 11.2 Å². The van der Waals surface area contributed by atoms with Crippen molar-refractivity contribution in [2.24, 2.45) is 0 Å². The van der Waals surface area contributed by atoms with Crippen LogP contribution in [0, 0.1) is 0 Å². The minimum absolute atomic E-state index is 0.528. The Morgan fingerprint density at radius 2 is 1.26 bits per heavy atom. The van der Waals surface area contributed by atoms with E-state index in [-0.39, 0.29) is 0 Å². The summed E-state index contributed by atoms with van der Waals surface area (Å²) in [5.74, 6) is 0. The first kappa shape index (κ1) is 23.2. The predicted octanol–water partition coefficient (Wildman–Crippen LogP) is 8.27. The van der Waals surface area contributed by atoms with Gasteiger partial charge in [-0.05, 0) is 77.5 Å². The summed E-state index contributed by atoms with van der Waals surface area (Å²) in [7, 11) is 0. The molecule has 0 radical (unpaired) electrons. The van der Waals surface area contributed by atoms with E-state index in [1.807, 2.05) is 48.5 Å². The highest BCUT2D eigenvalue weighted by Gasteiger charge is 2.51. The predicted molar refractivity (Wildman–Crippen MR) is 156 cm³/mol. The van der Waals surface area contributed by atoms with E-state index in [0.29, 0.717) is 11.4 Å². The van der Waals surface area contributed by atoms with Crippen LogP contribution in [0.2, 0.25) is 0 Å². The molecular formula is C33H24BF2N3. The Morgan fingerprint density at radius 1 is 0.615 bits per heavy atom. The zero-order valence-electron chi connectivity index (χ0n) is 21.0. The van der Waals surface area contributed by atoms with Crippen LogP contribution in [-0.2, 0) is 0 Å². The van der Waals surface area contributed by atoms with E-state index in [9.17, 15) is 0 Å². The molecule has 0 bridgehead atoms. The van der Waals surface area contributed by atoms with Crippen molar-refractivity contribution < 1.29 is 13.1 Å². The molecule has 0 unspecified atom stereocenters. The van der Waals surface area contributed by atoms with Gasteiger partial charge in [-0.15, -0.1) is 0 Å². The molecule has 0 atom stereocenters. The Morgan fingerprint density at radius 3 is 1.95 bits per heavy atom. The number of rotatable bonds is 5. The number of nitrogens with zero attached hydrogens (tertiary/aromatic N) is 3. The molecule has 0 saturated carbocycles. The number of allylic oxidation sites excluding steroid dienone is 2. The fourth-order valence-electron chi connectivity index (χ4n) is 5.57. The van der Waals surface area contributed by atoms with E-state index >= 15 is 8.63 Å². The Balaban J connectivity index is 1.28. The van der Waals surface area contributed by atoms with Crippen LogP contribution >= 0.6 is 0 Å². The minimum Gasteiger partial charge on any atom is -0.396 e. The molecule has 0 aliphatic carbocycles. The standard InChI is InChI=1S/C33H24BF2N3/c35-34(36)37-22-8-16-31(37)33(32-17-9-23-38(32)34)27-11-7-10-26(24-27)25-18-20-30(21-19-25)39(28-12-3-1-4-13-28)29-14-5-2-6-15-29/h1-24H. The fraction of sp³-hybridized carbons (Fsp3) is 0. The van der Waals surface area contributed by atoms with Gasteiger partial charge in [0.2, 0.25) is 0 Å². The number of para-hydroxylation sites is 2. The normalized spacial score (nSPS) is 15.1. The van der Waals surface area contributed by atoms with Crippen molar-refractivity contribution in [1.29, 1.82) is 0 Å². The van der Waals surface area contributed by atoms with E-state index in [1.165, 1.54) is 12.4 Å². The number of fused-ring (bicyclic) bond motifs is 2. The van der Waals surface area contributed by atoms with Crippen LogP contribution < -0.4 is 4.90 Å². The quantitative estimate of drug-likeness (QED) is 0.216. The molecule has 0 spiro atoms. The van der Waals surface area contributed by atoms with E-state index in [1.54, 1.807) is 24.3 Å². The lowest BCUT2D eigenvalue weighted by molar-refractivity contribution is -0.356. The molecule has 3 nitrogen and oxygen atoms in total. The van der Waals surface area contributed by atoms with Crippen LogP contribution in [0.1, 0.15) is 11.3 Å². The van der Waals surface area contributed by atoms with Gasteiger partial charge in [0.25, 0.3) is 0 Å². The van der Waals surface area contributed by atoms with Gasteiger partial charge in [-0.2, -0.15) is 0 Å². The first-order valence-corrected chi connectivity index (χ1v) is 13.0. The molecule has 0 saturated heterocycles. The molecule has 2 aliphatic heterocycles. The van der Waals surface area contributed by atoms with Crippen molar-refractivity contribution in [2.45, 2.75) is 0 Å². The lowest BCUT2D eigenvalue weighted by atomic mass is 9.86. The molecule has 0 amide bonds. The second-order valence-electron chi connectivity index (χ2n) is 9.70. The molecule has 5 aromatic rings. The fourth-order valence-corrected chi connectivity index (χ4v) is 5.57. The molecule has 1 aromatic heterocycles. The smallest absolute Gasteiger partial charge is 0.396 e. The van der Waals surface area contributed by atoms with Crippen LogP contribution in [0.3, 0.4) is 0 Å². The molecule has 7 rings (SSSR count). The van der Waals surface area contributed by atoms with Crippen molar-refractivity contribution in [3.05, 3.63) is 157 Å². The van der Waals surface area contributed by atoms with Crippen LogP contribution in [0.25, 0.3) is 16.7 Å². The van der Waals surface area contributed by atoms with Crippen LogP contribution in [0.15, 0.2) is 145 Å². The number of aromatic nitrogens is 1. The highest BCUT2D eigenvalue weighted by molar-refractivity contribution is 6.57. The Hall–Kier alpha value is -4.97. The Bertz CT molecular complexity index is 1730. The maximum Gasteiger partial charge on any atom is 0.737 e. The molecule has 4 aromatic carbocycles. The van der Waals surface area contributed by atoms with E-state index in [4.69, 9.17) is 0 Å². The van der Waals surface area contributed by atoms with Gasteiger partial charge in [-0.25, -0.2) is 0 Å². The molecule has 39 heavy (non-hydrogen) atoms. The van der Waals surface area contributed by atoms with Gasteiger partial charge in [-0.1, -0.05) is 66.7 Å². The van der Waals surface area contributed by atoms with Gasteiger partial charge in [0.05, 0.1) is 5.57 Å². The highest BCUT2D eigenvalue weighted by atomic mass is 19.2. The SMILES string of the molecule is F[B-]1(F)n2cccc2C(c2cccc(-c3ccc(N(c4ccccc4)c4ccccc4)cc3)c2)=C2C=CC=[N+]21. The number of anilines is 3. The first-order valence-electron chi connectivity index (χ1n) is 13.0. The number of hydrogen-bond donors (Lipinski definition) is 0. The summed E-state index contributed by atoms with van der Waals surface area (Å²) in [4.78, 5) is 2.22. The molecule has 2 aliphatic rings. The molecule has 0 N–H and O–H groups in total. The third kappa shape index (κ3) is 3.84. The zero-order chi connectivity index (χ0) is 26.4. The summed E-state index contributed by atoms with van der Waals surface area (Å²) >= 11 is 0. The summed E-state index contributed by atoms with van der Waals surface area (Å²) in [6.07, 6.45) is 6.38. The lowest BCUT2D eigenvalue weighted by Gasteiger charge is -2.31. The van der Waals surface area contributed by atoms with E-state index in [0.717, 1.165) is 48.3 Å². The summed E-state index contributed by atoms with van der Waals surface area (Å²) in [6.45, 7) is -3.92. The molecular weight excluding hydrogens is 487 g/mol. The summed E-state index contributed by atoms with van der Waals surface area (Å²) in [6, 6.07) is 40.6. The second kappa shape index (κ2) is 9.10. The van der Waals surface area contributed by atoms with Crippen molar-refractivity contribution in [1.82, 2.24) is 4.48 Å². The van der Waals surface area contributed by atoms with Crippen molar-refractivity contribution in [3.8, 4) is 11.1 Å². The second-order valence-corrected chi connectivity index (χ2v) is 9.70. The van der Waals surface area contributed by atoms with Crippen molar-refractivity contribution >= 4 is 35.8 Å². The molecule has 188 valence electrons. The average Bonchev–Trinajstić information content (AvgIpc) is 3.67. The Kier molecular flexibility index (Phi) is 5.41. The van der Waals surface area contributed by atoms with Gasteiger partial charge in [0.15, 0.2) is 5.70 Å². The largest absolute Gasteiger partial charge is 0.737 e. The lowest BCUT2D eigenvalue weighted by Crippen LogP contribution is -2.49. The highest BCUT2D eigenvalue weighted by Crippen LogP contribution is 2.40. The maximum absolute atomic E-state index is 15.2. The summed E-state index contributed by atoms with van der Waals surface area (Å²) in [5, 5.41) is 0. The van der Waals surface area contributed by atoms with Gasteiger partial charge in [0, 0.05) is 34.9 Å². The van der Waals surface area contributed by atoms with Gasteiger partial charge in [0.1, 0.15) is 6.21 Å². The zero-order valence-corrected chi connectivity index (χ0v) is 21.0.